The monoisotopic (exact) mass is 330 g/mol. The zero-order valence-corrected chi connectivity index (χ0v) is 14.1. The summed E-state index contributed by atoms with van der Waals surface area (Å²) in [6, 6.07) is 0.388. The van der Waals surface area contributed by atoms with Crippen molar-refractivity contribution in [2.24, 2.45) is 5.92 Å². The molecule has 0 aromatic heterocycles. The van der Waals surface area contributed by atoms with E-state index in [9.17, 15) is 13.2 Å². The Balaban J connectivity index is 1.54. The van der Waals surface area contributed by atoms with Gasteiger partial charge in [0, 0.05) is 32.3 Å². The number of hydrogen-bond donors (Lipinski definition) is 0. The molecule has 2 unspecified atom stereocenters. The van der Waals surface area contributed by atoms with Crippen molar-refractivity contribution in [3.63, 3.8) is 0 Å². The van der Waals surface area contributed by atoms with Crippen LogP contribution in [0.1, 0.15) is 25.7 Å². The number of sulfone groups is 1. The summed E-state index contributed by atoms with van der Waals surface area (Å²) in [7, 11) is -1.20. The Kier molecular flexibility index (Phi) is 4.75. The minimum Gasteiger partial charge on any atom is -0.381 e. The lowest BCUT2D eigenvalue weighted by Crippen LogP contribution is -2.45. The van der Waals surface area contributed by atoms with Crippen molar-refractivity contribution >= 4 is 15.7 Å². The van der Waals surface area contributed by atoms with Gasteiger partial charge in [0.2, 0.25) is 5.91 Å². The summed E-state index contributed by atoms with van der Waals surface area (Å²) >= 11 is 0. The summed E-state index contributed by atoms with van der Waals surface area (Å²) in [6.45, 7) is 2.96. The Bertz CT molecular complexity index is 512. The van der Waals surface area contributed by atoms with E-state index < -0.39 is 9.84 Å². The zero-order chi connectivity index (χ0) is 15.7. The Morgan fingerprint density at radius 2 is 1.95 bits per heavy atom. The topological polar surface area (TPSA) is 66.9 Å². The van der Waals surface area contributed by atoms with Crippen LogP contribution in [0, 0.1) is 5.92 Å². The molecule has 2 atom stereocenters. The van der Waals surface area contributed by atoms with Crippen LogP contribution in [0.4, 0.5) is 0 Å². The molecule has 0 aromatic rings. The number of rotatable bonds is 6. The smallest absolute Gasteiger partial charge is 0.236 e. The first-order valence-corrected chi connectivity index (χ1v) is 10.0. The van der Waals surface area contributed by atoms with E-state index in [1.165, 1.54) is 12.8 Å². The van der Waals surface area contributed by atoms with Crippen LogP contribution >= 0.6 is 0 Å². The van der Waals surface area contributed by atoms with E-state index in [0.29, 0.717) is 24.9 Å². The lowest BCUT2D eigenvalue weighted by molar-refractivity contribution is -0.133. The third-order valence-electron chi connectivity index (χ3n) is 5.07. The highest BCUT2D eigenvalue weighted by molar-refractivity contribution is 7.91. The SMILES string of the molecule is CN(C(=O)CN(CC1CCOC1)C1CC1)C1CCS(=O)(=O)C1. The lowest BCUT2D eigenvalue weighted by Gasteiger charge is -2.29. The average Bonchev–Trinajstić information content (AvgIpc) is 3.08. The molecule has 1 aliphatic carbocycles. The van der Waals surface area contributed by atoms with E-state index in [-0.39, 0.29) is 23.5 Å². The second-order valence-corrected chi connectivity index (χ2v) is 9.18. The van der Waals surface area contributed by atoms with Crippen molar-refractivity contribution in [3.8, 4) is 0 Å². The van der Waals surface area contributed by atoms with Crippen molar-refractivity contribution < 1.29 is 17.9 Å². The predicted octanol–water partition coefficient (Wildman–Crippen LogP) is 0.133. The van der Waals surface area contributed by atoms with Gasteiger partial charge >= 0.3 is 0 Å². The summed E-state index contributed by atoms with van der Waals surface area (Å²) in [6.07, 6.45) is 3.99. The molecular weight excluding hydrogens is 304 g/mol. The van der Waals surface area contributed by atoms with E-state index in [1.807, 2.05) is 0 Å². The van der Waals surface area contributed by atoms with Gasteiger partial charge < -0.3 is 9.64 Å². The van der Waals surface area contributed by atoms with Crippen LogP contribution in [0.25, 0.3) is 0 Å². The van der Waals surface area contributed by atoms with Gasteiger partial charge in [-0.3, -0.25) is 9.69 Å². The van der Waals surface area contributed by atoms with Gasteiger partial charge in [0.25, 0.3) is 0 Å². The highest BCUT2D eigenvalue weighted by Gasteiger charge is 2.36. The van der Waals surface area contributed by atoms with Crippen LogP contribution in [0.3, 0.4) is 0 Å². The molecule has 3 rings (SSSR count). The third kappa shape index (κ3) is 4.00. The van der Waals surface area contributed by atoms with Crippen molar-refractivity contribution in [2.45, 2.75) is 37.8 Å². The van der Waals surface area contributed by atoms with Gasteiger partial charge in [-0.25, -0.2) is 8.42 Å². The number of likely N-dealkylation sites (N-methyl/N-ethyl adjacent to an activating group) is 1. The fourth-order valence-corrected chi connectivity index (χ4v) is 5.19. The third-order valence-corrected chi connectivity index (χ3v) is 6.82. The van der Waals surface area contributed by atoms with Gasteiger partial charge in [0.05, 0.1) is 24.7 Å². The van der Waals surface area contributed by atoms with E-state index in [0.717, 1.165) is 26.2 Å². The van der Waals surface area contributed by atoms with E-state index in [4.69, 9.17) is 4.74 Å². The molecule has 0 spiro atoms. The fraction of sp³-hybridized carbons (Fsp3) is 0.933. The maximum absolute atomic E-state index is 12.5. The largest absolute Gasteiger partial charge is 0.381 e. The Morgan fingerprint density at radius 3 is 2.50 bits per heavy atom. The van der Waals surface area contributed by atoms with Gasteiger partial charge in [-0.1, -0.05) is 0 Å². The molecule has 0 aromatic carbocycles. The molecule has 2 saturated heterocycles. The normalized spacial score (nSPS) is 30.8. The molecule has 3 aliphatic rings. The molecule has 0 bridgehead atoms. The molecule has 2 heterocycles. The van der Waals surface area contributed by atoms with Crippen LogP contribution in [-0.2, 0) is 19.4 Å². The maximum Gasteiger partial charge on any atom is 0.236 e. The van der Waals surface area contributed by atoms with Crippen LogP contribution < -0.4 is 0 Å². The summed E-state index contributed by atoms with van der Waals surface area (Å²) in [4.78, 5) is 16.5. The van der Waals surface area contributed by atoms with E-state index in [1.54, 1.807) is 11.9 Å². The molecule has 126 valence electrons. The summed E-state index contributed by atoms with van der Waals surface area (Å²) in [5.74, 6) is 0.911. The molecule has 2 aliphatic heterocycles. The average molecular weight is 330 g/mol. The molecule has 7 heteroatoms. The van der Waals surface area contributed by atoms with Gasteiger partial charge in [-0.2, -0.15) is 0 Å². The number of carbonyl (C=O) groups is 1. The molecule has 22 heavy (non-hydrogen) atoms. The Labute approximate surface area is 132 Å². The number of carbonyl (C=O) groups excluding carboxylic acids is 1. The minimum absolute atomic E-state index is 0.0490. The molecule has 3 fully saturated rings. The highest BCUT2D eigenvalue weighted by Crippen LogP contribution is 2.29. The number of ether oxygens (including phenoxy) is 1. The van der Waals surface area contributed by atoms with Crippen molar-refractivity contribution in [3.05, 3.63) is 0 Å². The highest BCUT2D eigenvalue weighted by atomic mass is 32.2. The van der Waals surface area contributed by atoms with Crippen LogP contribution in [0.15, 0.2) is 0 Å². The number of hydrogen-bond acceptors (Lipinski definition) is 5. The first-order chi connectivity index (χ1) is 10.4. The molecular formula is C15H26N2O4S. The van der Waals surface area contributed by atoms with Crippen molar-refractivity contribution in [1.29, 1.82) is 0 Å². The second kappa shape index (κ2) is 6.45. The van der Waals surface area contributed by atoms with Gasteiger partial charge in [0.1, 0.15) is 0 Å². The standard InChI is InChI=1S/C15H26N2O4S/c1-16(14-5-7-22(19,20)11-14)15(18)9-17(13-2-3-13)8-12-4-6-21-10-12/h12-14H,2-11H2,1H3. The fourth-order valence-electron chi connectivity index (χ4n) is 3.41. The first kappa shape index (κ1) is 16.2. The van der Waals surface area contributed by atoms with Crippen molar-refractivity contribution in [1.82, 2.24) is 9.80 Å². The Hall–Kier alpha value is -0.660. The lowest BCUT2D eigenvalue weighted by atomic mass is 10.1. The zero-order valence-electron chi connectivity index (χ0n) is 13.2. The number of amides is 1. The predicted molar refractivity (Wildman–Crippen MR) is 83.3 cm³/mol. The van der Waals surface area contributed by atoms with Gasteiger partial charge in [-0.15, -0.1) is 0 Å². The van der Waals surface area contributed by atoms with Gasteiger partial charge in [-0.05, 0) is 31.6 Å². The quantitative estimate of drug-likeness (QED) is 0.693. The molecule has 1 amide bonds. The maximum atomic E-state index is 12.5. The van der Waals surface area contributed by atoms with E-state index in [2.05, 4.69) is 4.90 Å². The molecule has 1 saturated carbocycles. The van der Waals surface area contributed by atoms with Crippen LogP contribution in [0.2, 0.25) is 0 Å². The van der Waals surface area contributed by atoms with E-state index >= 15 is 0 Å². The summed E-state index contributed by atoms with van der Waals surface area (Å²) in [5.41, 5.74) is 0. The van der Waals surface area contributed by atoms with Crippen LogP contribution in [-0.4, -0.2) is 81.1 Å². The summed E-state index contributed by atoms with van der Waals surface area (Å²) < 4.78 is 28.6. The Morgan fingerprint density at radius 1 is 1.18 bits per heavy atom. The van der Waals surface area contributed by atoms with Crippen molar-refractivity contribution in [2.75, 3.05) is 44.9 Å². The van der Waals surface area contributed by atoms with Gasteiger partial charge in [0.15, 0.2) is 9.84 Å². The second-order valence-electron chi connectivity index (χ2n) is 6.95. The summed E-state index contributed by atoms with van der Waals surface area (Å²) in [5, 5.41) is 0. The molecule has 0 radical (unpaired) electrons. The minimum atomic E-state index is -2.95. The number of nitrogens with zero attached hydrogens (tertiary/aromatic N) is 2. The first-order valence-electron chi connectivity index (χ1n) is 8.22. The molecule has 6 nitrogen and oxygen atoms in total. The van der Waals surface area contributed by atoms with Crippen LogP contribution in [0.5, 0.6) is 0 Å². The molecule has 0 N–H and O–H groups in total.